The number of hydrogen-bond acceptors (Lipinski definition) is 3. The molecule has 0 aliphatic rings. The average molecular weight is 202 g/mol. The Morgan fingerprint density at radius 1 is 1.20 bits per heavy atom. The van der Waals surface area contributed by atoms with Crippen LogP contribution < -0.4 is 5.43 Å². The second kappa shape index (κ2) is 4.00. The number of benzene rings is 1. The van der Waals surface area contributed by atoms with Gasteiger partial charge in [0.1, 0.15) is 12.0 Å². The first kappa shape index (κ1) is 9.52. The molecule has 76 valence electrons. The third-order valence-corrected chi connectivity index (χ3v) is 2.09. The highest BCUT2D eigenvalue weighted by atomic mass is 16.3. The first-order valence-corrected chi connectivity index (χ1v) is 4.60. The molecule has 3 nitrogen and oxygen atoms in total. The van der Waals surface area contributed by atoms with Crippen LogP contribution in [0.4, 0.5) is 0 Å². The molecule has 15 heavy (non-hydrogen) atoms. The minimum Gasteiger partial charge on any atom is -0.502 e. The topological polar surface area (TPSA) is 50.4 Å². The predicted molar refractivity (Wildman–Crippen MR) is 55.9 cm³/mol. The molecule has 1 N–H and O–H groups in total. The van der Waals surface area contributed by atoms with Crippen molar-refractivity contribution in [2.75, 3.05) is 0 Å². The zero-order valence-electron chi connectivity index (χ0n) is 8.01. The number of hydrogen-bond donors (Lipinski definition) is 1. The van der Waals surface area contributed by atoms with Crippen LogP contribution in [0.15, 0.2) is 51.9 Å². The first-order valence-electron chi connectivity index (χ1n) is 4.60. The highest BCUT2D eigenvalue weighted by Crippen LogP contribution is 2.09. The molecule has 0 saturated carbocycles. The molecule has 0 radical (unpaired) electrons. The Kier molecular flexibility index (Phi) is 2.54. The quantitative estimate of drug-likeness (QED) is 0.809. The molecule has 0 atom stereocenters. The molecular weight excluding hydrogens is 192 g/mol. The van der Waals surface area contributed by atoms with E-state index in [0.717, 1.165) is 11.8 Å². The Balaban J connectivity index is 2.26. The van der Waals surface area contributed by atoms with Gasteiger partial charge >= 0.3 is 0 Å². The molecule has 0 fully saturated rings. The van der Waals surface area contributed by atoms with Crippen molar-refractivity contribution in [1.29, 1.82) is 0 Å². The molecule has 0 spiro atoms. The Morgan fingerprint density at radius 2 is 1.93 bits per heavy atom. The SMILES string of the molecule is O=c1cc(Cc2ccccc2)occ1O. The standard InChI is InChI=1S/C12H10O3/c13-11-7-10(15-8-12(11)14)6-9-4-2-1-3-5-9/h1-5,7-8,14H,6H2. The summed E-state index contributed by atoms with van der Waals surface area (Å²) in [6.07, 6.45) is 1.62. The Morgan fingerprint density at radius 3 is 2.60 bits per heavy atom. The molecule has 2 aromatic rings. The van der Waals surface area contributed by atoms with Crippen molar-refractivity contribution in [2.24, 2.45) is 0 Å². The minimum absolute atomic E-state index is 0.355. The molecule has 0 unspecified atom stereocenters. The van der Waals surface area contributed by atoms with E-state index in [0.29, 0.717) is 12.2 Å². The lowest BCUT2D eigenvalue weighted by molar-refractivity contribution is 0.416. The Labute approximate surface area is 86.6 Å². The highest BCUT2D eigenvalue weighted by molar-refractivity contribution is 5.22. The lowest BCUT2D eigenvalue weighted by Gasteiger charge is -2.00. The fourth-order valence-electron chi connectivity index (χ4n) is 1.33. The molecule has 2 rings (SSSR count). The van der Waals surface area contributed by atoms with Crippen LogP contribution in [0.1, 0.15) is 11.3 Å². The lowest BCUT2D eigenvalue weighted by Crippen LogP contribution is -2.00. The molecule has 0 bridgehead atoms. The van der Waals surface area contributed by atoms with E-state index in [9.17, 15) is 4.79 Å². The number of aromatic hydroxyl groups is 1. The van der Waals surface area contributed by atoms with E-state index >= 15 is 0 Å². The summed E-state index contributed by atoms with van der Waals surface area (Å²) in [5, 5.41) is 9.00. The third-order valence-electron chi connectivity index (χ3n) is 2.09. The van der Waals surface area contributed by atoms with Gasteiger partial charge in [-0.05, 0) is 5.56 Å². The highest BCUT2D eigenvalue weighted by Gasteiger charge is 2.02. The van der Waals surface area contributed by atoms with Crippen molar-refractivity contribution in [1.82, 2.24) is 0 Å². The summed E-state index contributed by atoms with van der Waals surface area (Å²) in [5.74, 6) is 0.191. The maximum Gasteiger partial charge on any atom is 0.226 e. The van der Waals surface area contributed by atoms with Crippen molar-refractivity contribution >= 4 is 0 Å². The van der Waals surface area contributed by atoms with E-state index in [1.54, 1.807) is 0 Å². The van der Waals surface area contributed by atoms with E-state index in [4.69, 9.17) is 9.52 Å². The minimum atomic E-state index is -0.410. The van der Waals surface area contributed by atoms with E-state index < -0.39 is 5.43 Å². The summed E-state index contributed by atoms with van der Waals surface area (Å²) in [5.41, 5.74) is 0.651. The summed E-state index contributed by atoms with van der Waals surface area (Å²) >= 11 is 0. The van der Waals surface area contributed by atoms with Crippen LogP contribution in [0.5, 0.6) is 5.75 Å². The zero-order valence-corrected chi connectivity index (χ0v) is 8.01. The Hall–Kier alpha value is -2.03. The van der Waals surface area contributed by atoms with E-state index in [1.807, 2.05) is 30.3 Å². The monoisotopic (exact) mass is 202 g/mol. The van der Waals surface area contributed by atoms with Gasteiger partial charge in [-0.25, -0.2) is 0 Å². The van der Waals surface area contributed by atoms with Gasteiger partial charge in [-0.2, -0.15) is 0 Å². The van der Waals surface area contributed by atoms with Gasteiger partial charge in [-0.3, -0.25) is 4.79 Å². The van der Waals surface area contributed by atoms with E-state index in [2.05, 4.69) is 0 Å². The van der Waals surface area contributed by atoms with Crippen molar-refractivity contribution in [3.05, 3.63) is 64.2 Å². The smallest absolute Gasteiger partial charge is 0.226 e. The molecule has 0 aliphatic heterocycles. The van der Waals surface area contributed by atoms with Gasteiger partial charge in [0.15, 0.2) is 5.75 Å². The second-order valence-electron chi connectivity index (χ2n) is 3.26. The molecule has 0 saturated heterocycles. The summed E-state index contributed by atoms with van der Waals surface area (Å²) in [6, 6.07) is 11.0. The van der Waals surface area contributed by atoms with Gasteiger partial charge in [-0.15, -0.1) is 0 Å². The largest absolute Gasteiger partial charge is 0.502 e. The van der Waals surface area contributed by atoms with Crippen LogP contribution in [0.2, 0.25) is 0 Å². The van der Waals surface area contributed by atoms with E-state index in [-0.39, 0.29) is 5.75 Å². The van der Waals surface area contributed by atoms with Crippen molar-refractivity contribution in [2.45, 2.75) is 6.42 Å². The summed E-state index contributed by atoms with van der Waals surface area (Å²) in [6.45, 7) is 0. The first-order chi connectivity index (χ1) is 7.25. The van der Waals surface area contributed by atoms with Crippen molar-refractivity contribution < 1.29 is 9.52 Å². The van der Waals surface area contributed by atoms with Gasteiger partial charge < -0.3 is 9.52 Å². The van der Waals surface area contributed by atoms with Crippen LogP contribution in [0, 0.1) is 0 Å². The molecule has 0 amide bonds. The van der Waals surface area contributed by atoms with Crippen LogP contribution in [-0.2, 0) is 6.42 Å². The van der Waals surface area contributed by atoms with Crippen LogP contribution in [0.3, 0.4) is 0 Å². The molecule has 0 aliphatic carbocycles. The predicted octanol–water partition coefficient (Wildman–Crippen LogP) is 1.94. The van der Waals surface area contributed by atoms with Crippen molar-refractivity contribution in [3.8, 4) is 5.75 Å². The lowest BCUT2D eigenvalue weighted by atomic mass is 10.1. The van der Waals surface area contributed by atoms with Crippen LogP contribution in [0.25, 0.3) is 0 Å². The van der Waals surface area contributed by atoms with E-state index in [1.165, 1.54) is 6.07 Å². The molecule has 1 aromatic carbocycles. The zero-order chi connectivity index (χ0) is 10.7. The maximum atomic E-state index is 11.1. The fourth-order valence-corrected chi connectivity index (χ4v) is 1.33. The summed E-state index contributed by atoms with van der Waals surface area (Å²) in [4.78, 5) is 11.1. The Bertz CT molecular complexity index is 500. The number of rotatable bonds is 2. The van der Waals surface area contributed by atoms with Gasteiger partial charge in [0.2, 0.25) is 5.43 Å². The van der Waals surface area contributed by atoms with Gasteiger partial charge in [0.25, 0.3) is 0 Å². The molecule has 1 aromatic heterocycles. The normalized spacial score (nSPS) is 10.1. The summed E-state index contributed by atoms with van der Waals surface area (Å²) in [7, 11) is 0. The third kappa shape index (κ3) is 2.26. The molecule has 3 heteroatoms. The second-order valence-corrected chi connectivity index (χ2v) is 3.26. The average Bonchev–Trinajstić information content (AvgIpc) is 2.25. The van der Waals surface area contributed by atoms with Gasteiger partial charge in [-0.1, -0.05) is 30.3 Å². The maximum absolute atomic E-state index is 11.1. The van der Waals surface area contributed by atoms with Gasteiger partial charge in [0.05, 0.1) is 0 Å². The van der Waals surface area contributed by atoms with Crippen LogP contribution >= 0.6 is 0 Å². The van der Waals surface area contributed by atoms with Gasteiger partial charge in [0, 0.05) is 12.5 Å². The van der Waals surface area contributed by atoms with Crippen LogP contribution in [-0.4, -0.2) is 5.11 Å². The molecule has 1 heterocycles. The fraction of sp³-hybridized carbons (Fsp3) is 0.0833. The van der Waals surface area contributed by atoms with Crippen molar-refractivity contribution in [3.63, 3.8) is 0 Å². The summed E-state index contributed by atoms with van der Waals surface area (Å²) < 4.78 is 5.09. The molecular formula is C12H10O3.